The van der Waals surface area contributed by atoms with Crippen LogP contribution in [0.1, 0.15) is 25.7 Å². The third-order valence-corrected chi connectivity index (χ3v) is 2.55. The zero-order valence-electron chi connectivity index (χ0n) is 6.56. The molecule has 62 valence electrons. The van der Waals surface area contributed by atoms with Crippen molar-refractivity contribution >= 4 is 5.97 Å². The molecule has 2 aliphatic rings. The number of rotatable bonds is 0. The van der Waals surface area contributed by atoms with Gasteiger partial charge in [0.25, 0.3) is 0 Å². The highest BCUT2D eigenvalue weighted by Crippen LogP contribution is 2.32. The Bertz CT molecular complexity index is 173. The van der Waals surface area contributed by atoms with Crippen LogP contribution in [-0.4, -0.2) is 24.7 Å². The highest BCUT2D eigenvalue weighted by atomic mass is 16.6. The lowest BCUT2D eigenvalue weighted by molar-refractivity contribution is -0.149. The van der Waals surface area contributed by atoms with E-state index in [9.17, 15) is 4.79 Å². The van der Waals surface area contributed by atoms with Gasteiger partial charge in [0.2, 0.25) is 0 Å². The maximum Gasteiger partial charge on any atom is 0.306 e. The van der Waals surface area contributed by atoms with Gasteiger partial charge >= 0.3 is 5.97 Å². The molecule has 3 heteroatoms. The summed E-state index contributed by atoms with van der Waals surface area (Å²) in [6.07, 6.45) is 3.71. The fourth-order valence-corrected chi connectivity index (χ4v) is 1.91. The normalized spacial score (nSPS) is 37.6. The van der Waals surface area contributed by atoms with E-state index in [1.807, 2.05) is 0 Å². The molecule has 11 heavy (non-hydrogen) atoms. The van der Waals surface area contributed by atoms with Crippen molar-refractivity contribution in [1.82, 2.24) is 5.32 Å². The van der Waals surface area contributed by atoms with E-state index in [4.69, 9.17) is 4.74 Å². The molecule has 1 atom stereocenters. The Morgan fingerprint density at radius 2 is 2.36 bits per heavy atom. The van der Waals surface area contributed by atoms with Crippen molar-refractivity contribution < 1.29 is 9.53 Å². The monoisotopic (exact) mass is 155 g/mol. The molecule has 0 amide bonds. The third kappa shape index (κ3) is 1.25. The molecule has 2 heterocycles. The van der Waals surface area contributed by atoms with Gasteiger partial charge in [-0.2, -0.15) is 0 Å². The third-order valence-electron chi connectivity index (χ3n) is 2.55. The number of hydrogen-bond acceptors (Lipinski definition) is 3. The quantitative estimate of drug-likeness (QED) is 0.516. The molecule has 0 aromatic carbocycles. The molecule has 1 N–H and O–H groups in total. The fraction of sp³-hybridized carbons (Fsp3) is 0.875. The molecule has 0 aromatic rings. The summed E-state index contributed by atoms with van der Waals surface area (Å²) >= 11 is 0. The maximum absolute atomic E-state index is 10.9. The van der Waals surface area contributed by atoms with Crippen molar-refractivity contribution in [2.75, 3.05) is 13.1 Å². The van der Waals surface area contributed by atoms with E-state index in [1.165, 1.54) is 0 Å². The first-order valence-electron chi connectivity index (χ1n) is 4.23. The van der Waals surface area contributed by atoms with Gasteiger partial charge in [0.15, 0.2) is 0 Å². The van der Waals surface area contributed by atoms with Crippen molar-refractivity contribution in [3.8, 4) is 0 Å². The number of piperidine rings is 1. The molecular formula is C8H13NO2. The standard InChI is InChI=1S/C8H13NO2/c10-7-2-4-8(11-7)3-1-5-9-6-8/h9H,1-6H2/t8-/m1/s1. The minimum atomic E-state index is -0.116. The first-order valence-corrected chi connectivity index (χ1v) is 4.23. The number of nitrogens with one attached hydrogen (secondary N) is 1. The van der Waals surface area contributed by atoms with Gasteiger partial charge in [0.05, 0.1) is 0 Å². The fourth-order valence-electron chi connectivity index (χ4n) is 1.91. The predicted molar refractivity (Wildman–Crippen MR) is 40.2 cm³/mol. The summed E-state index contributed by atoms with van der Waals surface area (Å²) < 4.78 is 5.29. The zero-order valence-corrected chi connectivity index (χ0v) is 6.56. The van der Waals surface area contributed by atoms with Crippen LogP contribution in [0.2, 0.25) is 0 Å². The second-order valence-corrected chi connectivity index (χ2v) is 3.44. The number of carbonyl (C=O) groups excluding carboxylic acids is 1. The molecule has 0 radical (unpaired) electrons. The summed E-state index contributed by atoms with van der Waals surface area (Å²) in [6, 6.07) is 0. The number of ether oxygens (including phenoxy) is 1. The van der Waals surface area contributed by atoms with Gasteiger partial charge in [-0.3, -0.25) is 4.79 Å². The molecule has 2 saturated heterocycles. The summed E-state index contributed by atoms with van der Waals surface area (Å²) in [5.41, 5.74) is -0.116. The van der Waals surface area contributed by atoms with Crippen LogP contribution >= 0.6 is 0 Å². The van der Waals surface area contributed by atoms with Crippen LogP contribution in [0.25, 0.3) is 0 Å². The van der Waals surface area contributed by atoms with E-state index in [1.54, 1.807) is 0 Å². The molecule has 0 saturated carbocycles. The molecule has 0 unspecified atom stereocenters. The summed E-state index contributed by atoms with van der Waals surface area (Å²) in [5, 5.41) is 3.26. The first kappa shape index (κ1) is 7.10. The molecular weight excluding hydrogens is 142 g/mol. The number of carbonyl (C=O) groups is 1. The van der Waals surface area contributed by atoms with Crippen LogP contribution in [0, 0.1) is 0 Å². The molecule has 3 nitrogen and oxygen atoms in total. The Morgan fingerprint density at radius 3 is 2.91 bits per heavy atom. The Morgan fingerprint density at radius 1 is 1.45 bits per heavy atom. The van der Waals surface area contributed by atoms with Crippen molar-refractivity contribution in [2.24, 2.45) is 0 Å². The predicted octanol–water partition coefficient (Wildman–Crippen LogP) is 0.446. The van der Waals surface area contributed by atoms with Crippen molar-refractivity contribution in [3.63, 3.8) is 0 Å². The Labute approximate surface area is 66.1 Å². The van der Waals surface area contributed by atoms with Crippen LogP contribution < -0.4 is 5.32 Å². The summed E-state index contributed by atoms with van der Waals surface area (Å²) in [5.74, 6) is -0.0197. The van der Waals surface area contributed by atoms with Gasteiger partial charge in [0, 0.05) is 13.0 Å². The van der Waals surface area contributed by atoms with E-state index in [2.05, 4.69) is 5.32 Å². The second-order valence-electron chi connectivity index (χ2n) is 3.44. The SMILES string of the molecule is O=C1CC[C@@]2(CCCNC2)O1. The Hall–Kier alpha value is -0.570. The van der Waals surface area contributed by atoms with Crippen LogP contribution in [0.5, 0.6) is 0 Å². The van der Waals surface area contributed by atoms with E-state index >= 15 is 0 Å². The molecule has 0 aromatic heterocycles. The van der Waals surface area contributed by atoms with Crippen LogP contribution in [0.4, 0.5) is 0 Å². The zero-order chi connectivity index (χ0) is 7.73. The average Bonchev–Trinajstić information content (AvgIpc) is 2.34. The molecule has 0 bridgehead atoms. The van der Waals surface area contributed by atoms with Crippen LogP contribution in [0.15, 0.2) is 0 Å². The summed E-state index contributed by atoms with van der Waals surface area (Å²) in [7, 11) is 0. The van der Waals surface area contributed by atoms with Crippen molar-refractivity contribution in [2.45, 2.75) is 31.3 Å². The lowest BCUT2D eigenvalue weighted by Crippen LogP contribution is -2.45. The Kier molecular flexibility index (Phi) is 1.60. The van der Waals surface area contributed by atoms with Gasteiger partial charge in [-0.25, -0.2) is 0 Å². The lowest BCUT2D eigenvalue weighted by Gasteiger charge is -2.31. The number of hydrogen-bond donors (Lipinski definition) is 1. The molecule has 2 aliphatic heterocycles. The van der Waals surface area contributed by atoms with Gasteiger partial charge in [-0.15, -0.1) is 0 Å². The van der Waals surface area contributed by atoms with Crippen molar-refractivity contribution in [3.05, 3.63) is 0 Å². The first-order chi connectivity index (χ1) is 5.31. The van der Waals surface area contributed by atoms with Crippen molar-refractivity contribution in [1.29, 1.82) is 0 Å². The average molecular weight is 155 g/mol. The van der Waals surface area contributed by atoms with E-state index < -0.39 is 0 Å². The minimum Gasteiger partial charge on any atom is -0.458 e. The molecule has 1 spiro atoms. The largest absolute Gasteiger partial charge is 0.458 e. The van der Waals surface area contributed by atoms with Gasteiger partial charge in [-0.05, 0) is 25.8 Å². The highest BCUT2D eigenvalue weighted by Gasteiger charge is 2.40. The summed E-state index contributed by atoms with van der Waals surface area (Å²) in [4.78, 5) is 10.9. The lowest BCUT2D eigenvalue weighted by atomic mass is 9.91. The second kappa shape index (κ2) is 2.48. The smallest absolute Gasteiger partial charge is 0.306 e. The number of esters is 1. The molecule has 2 fully saturated rings. The topological polar surface area (TPSA) is 38.3 Å². The van der Waals surface area contributed by atoms with E-state index in [0.717, 1.165) is 32.4 Å². The molecule has 0 aliphatic carbocycles. The minimum absolute atomic E-state index is 0.0197. The van der Waals surface area contributed by atoms with Crippen LogP contribution in [0.3, 0.4) is 0 Å². The summed E-state index contributed by atoms with van der Waals surface area (Å²) in [6.45, 7) is 1.93. The highest BCUT2D eigenvalue weighted by molar-refractivity contribution is 5.72. The van der Waals surface area contributed by atoms with E-state index in [-0.39, 0.29) is 11.6 Å². The van der Waals surface area contributed by atoms with Gasteiger partial charge < -0.3 is 10.1 Å². The van der Waals surface area contributed by atoms with Gasteiger partial charge in [0.1, 0.15) is 5.60 Å². The van der Waals surface area contributed by atoms with Crippen LogP contribution in [-0.2, 0) is 9.53 Å². The van der Waals surface area contributed by atoms with Gasteiger partial charge in [-0.1, -0.05) is 0 Å². The Balaban J connectivity index is 2.03. The van der Waals surface area contributed by atoms with E-state index in [0.29, 0.717) is 6.42 Å². The maximum atomic E-state index is 10.9. The molecule has 2 rings (SSSR count).